The van der Waals surface area contributed by atoms with Crippen LogP contribution in [0.15, 0.2) is 47.0 Å². The van der Waals surface area contributed by atoms with Crippen molar-refractivity contribution < 1.29 is 9.21 Å². The molecule has 116 valence electrons. The standard InChI is InChI=1S/C18H17N3O2/c22-18(21-10-4-1-5-11-21)13-7-8-14-16(12-13)23-17(20-14)15-6-2-3-9-19-15/h2-3,6-9,12H,1,4-5,10-11H2. The molecule has 5 heteroatoms. The van der Waals surface area contributed by atoms with Crippen molar-refractivity contribution in [3.63, 3.8) is 0 Å². The molecule has 5 nitrogen and oxygen atoms in total. The van der Waals surface area contributed by atoms with E-state index in [2.05, 4.69) is 9.97 Å². The van der Waals surface area contributed by atoms with Crippen LogP contribution in [0.2, 0.25) is 0 Å². The van der Waals surface area contributed by atoms with Crippen molar-refractivity contribution in [1.82, 2.24) is 14.9 Å². The molecule has 1 aliphatic rings. The number of hydrogen-bond donors (Lipinski definition) is 0. The van der Waals surface area contributed by atoms with E-state index in [0.29, 0.717) is 22.7 Å². The summed E-state index contributed by atoms with van der Waals surface area (Å²) in [6.45, 7) is 1.68. The minimum atomic E-state index is 0.0717. The predicted molar refractivity (Wildman–Crippen MR) is 87.0 cm³/mol. The Balaban J connectivity index is 1.66. The van der Waals surface area contributed by atoms with Crippen molar-refractivity contribution in [3.05, 3.63) is 48.2 Å². The van der Waals surface area contributed by atoms with E-state index in [-0.39, 0.29) is 5.91 Å². The molecule has 4 rings (SSSR count). The fourth-order valence-corrected chi connectivity index (χ4v) is 2.94. The highest BCUT2D eigenvalue weighted by Crippen LogP contribution is 2.24. The maximum atomic E-state index is 12.6. The summed E-state index contributed by atoms with van der Waals surface area (Å²) in [5.74, 6) is 0.547. The van der Waals surface area contributed by atoms with Gasteiger partial charge in [0.2, 0.25) is 5.89 Å². The Labute approximate surface area is 134 Å². The number of nitrogens with zero attached hydrogens (tertiary/aromatic N) is 3. The van der Waals surface area contributed by atoms with E-state index in [4.69, 9.17) is 4.42 Å². The summed E-state index contributed by atoms with van der Waals surface area (Å²) in [5.41, 5.74) is 2.70. The Morgan fingerprint density at radius 2 is 1.96 bits per heavy atom. The molecule has 1 aromatic carbocycles. The van der Waals surface area contributed by atoms with Crippen molar-refractivity contribution in [2.45, 2.75) is 19.3 Å². The van der Waals surface area contributed by atoms with Gasteiger partial charge in [0.1, 0.15) is 11.2 Å². The lowest BCUT2D eigenvalue weighted by molar-refractivity contribution is 0.0724. The lowest BCUT2D eigenvalue weighted by Crippen LogP contribution is -2.35. The second kappa shape index (κ2) is 5.83. The van der Waals surface area contributed by atoms with Crippen LogP contribution in [0.25, 0.3) is 22.7 Å². The maximum Gasteiger partial charge on any atom is 0.253 e. The van der Waals surface area contributed by atoms with Crippen LogP contribution < -0.4 is 0 Å². The van der Waals surface area contributed by atoms with Crippen molar-refractivity contribution >= 4 is 17.0 Å². The van der Waals surface area contributed by atoms with E-state index < -0.39 is 0 Å². The van der Waals surface area contributed by atoms with Crippen molar-refractivity contribution in [1.29, 1.82) is 0 Å². The zero-order chi connectivity index (χ0) is 15.6. The number of aromatic nitrogens is 2. The van der Waals surface area contributed by atoms with Gasteiger partial charge in [-0.05, 0) is 49.6 Å². The summed E-state index contributed by atoms with van der Waals surface area (Å²) in [4.78, 5) is 23.2. The van der Waals surface area contributed by atoms with Crippen LogP contribution in [0.4, 0.5) is 0 Å². The minimum absolute atomic E-state index is 0.0717. The molecule has 1 aliphatic heterocycles. The van der Waals surface area contributed by atoms with E-state index in [1.807, 2.05) is 35.2 Å². The van der Waals surface area contributed by atoms with Crippen LogP contribution in [0.3, 0.4) is 0 Å². The fourth-order valence-electron chi connectivity index (χ4n) is 2.94. The lowest BCUT2D eigenvalue weighted by Gasteiger charge is -2.26. The van der Waals surface area contributed by atoms with E-state index in [1.165, 1.54) is 6.42 Å². The van der Waals surface area contributed by atoms with Crippen LogP contribution in [0.5, 0.6) is 0 Å². The second-order valence-corrected chi connectivity index (χ2v) is 5.77. The number of fused-ring (bicyclic) bond motifs is 1. The number of piperidine rings is 1. The number of carbonyl (C=O) groups is 1. The zero-order valence-electron chi connectivity index (χ0n) is 12.7. The Bertz CT molecular complexity index is 836. The van der Waals surface area contributed by atoms with Gasteiger partial charge in [-0.2, -0.15) is 0 Å². The van der Waals surface area contributed by atoms with E-state index >= 15 is 0 Å². The quantitative estimate of drug-likeness (QED) is 0.727. The topological polar surface area (TPSA) is 59.2 Å². The number of pyridine rings is 1. The van der Waals surface area contributed by atoms with Crippen molar-refractivity contribution in [2.24, 2.45) is 0 Å². The van der Waals surface area contributed by atoms with Gasteiger partial charge in [0, 0.05) is 24.8 Å². The number of amides is 1. The molecule has 0 N–H and O–H groups in total. The minimum Gasteiger partial charge on any atom is -0.435 e. The summed E-state index contributed by atoms with van der Waals surface area (Å²) in [7, 11) is 0. The van der Waals surface area contributed by atoms with Crippen LogP contribution in [-0.2, 0) is 0 Å². The first-order valence-corrected chi connectivity index (χ1v) is 7.92. The van der Waals surface area contributed by atoms with E-state index in [0.717, 1.165) is 31.4 Å². The highest BCUT2D eigenvalue weighted by atomic mass is 16.3. The van der Waals surface area contributed by atoms with Crippen LogP contribution in [0.1, 0.15) is 29.6 Å². The molecule has 0 aliphatic carbocycles. The number of benzene rings is 1. The maximum absolute atomic E-state index is 12.6. The van der Waals surface area contributed by atoms with Crippen molar-refractivity contribution in [3.8, 4) is 11.6 Å². The number of oxazole rings is 1. The third kappa shape index (κ3) is 2.70. The summed E-state index contributed by atoms with van der Waals surface area (Å²) in [5, 5.41) is 0. The second-order valence-electron chi connectivity index (χ2n) is 5.77. The molecular weight excluding hydrogens is 290 g/mol. The normalized spacial score (nSPS) is 15.0. The summed E-state index contributed by atoms with van der Waals surface area (Å²) in [6, 6.07) is 11.0. The average Bonchev–Trinajstić information content (AvgIpc) is 3.06. The molecule has 2 aromatic heterocycles. The van der Waals surface area contributed by atoms with Gasteiger partial charge in [-0.3, -0.25) is 9.78 Å². The molecule has 0 bridgehead atoms. The number of likely N-dealkylation sites (tertiary alicyclic amines) is 1. The summed E-state index contributed by atoms with van der Waals surface area (Å²) in [6.07, 6.45) is 5.08. The Morgan fingerprint density at radius 1 is 1.09 bits per heavy atom. The zero-order valence-corrected chi connectivity index (χ0v) is 12.7. The molecule has 0 unspecified atom stereocenters. The third-order valence-electron chi connectivity index (χ3n) is 4.16. The molecule has 0 spiro atoms. The molecule has 3 heterocycles. The van der Waals surface area contributed by atoms with Crippen molar-refractivity contribution in [2.75, 3.05) is 13.1 Å². The van der Waals surface area contributed by atoms with Gasteiger partial charge in [-0.1, -0.05) is 6.07 Å². The lowest BCUT2D eigenvalue weighted by atomic mass is 10.1. The molecule has 1 saturated heterocycles. The summed E-state index contributed by atoms with van der Waals surface area (Å²) >= 11 is 0. The number of hydrogen-bond acceptors (Lipinski definition) is 4. The van der Waals surface area contributed by atoms with Crippen LogP contribution >= 0.6 is 0 Å². The van der Waals surface area contributed by atoms with Gasteiger partial charge in [0.25, 0.3) is 5.91 Å². The average molecular weight is 307 g/mol. The van der Waals surface area contributed by atoms with Gasteiger partial charge in [0.15, 0.2) is 5.58 Å². The van der Waals surface area contributed by atoms with Crippen LogP contribution in [0, 0.1) is 0 Å². The Hall–Kier alpha value is -2.69. The molecule has 0 radical (unpaired) electrons. The number of carbonyl (C=O) groups excluding carboxylic acids is 1. The molecular formula is C18H17N3O2. The van der Waals surface area contributed by atoms with Gasteiger partial charge >= 0.3 is 0 Å². The Morgan fingerprint density at radius 3 is 2.74 bits per heavy atom. The van der Waals surface area contributed by atoms with E-state index in [9.17, 15) is 4.79 Å². The first-order chi connectivity index (χ1) is 11.3. The van der Waals surface area contributed by atoms with Gasteiger partial charge < -0.3 is 9.32 Å². The first kappa shape index (κ1) is 13.9. The molecule has 0 saturated carbocycles. The molecule has 23 heavy (non-hydrogen) atoms. The van der Waals surface area contributed by atoms with Crippen LogP contribution in [-0.4, -0.2) is 33.9 Å². The first-order valence-electron chi connectivity index (χ1n) is 7.92. The molecule has 1 amide bonds. The van der Waals surface area contributed by atoms with Gasteiger partial charge in [-0.15, -0.1) is 0 Å². The number of rotatable bonds is 2. The monoisotopic (exact) mass is 307 g/mol. The van der Waals surface area contributed by atoms with E-state index in [1.54, 1.807) is 12.3 Å². The molecule has 0 atom stereocenters. The largest absolute Gasteiger partial charge is 0.435 e. The fraction of sp³-hybridized carbons (Fsp3) is 0.278. The molecule has 3 aromatic rings. The highest BCUT2D eigenvalue weighted by molar-refractivity contribution is 5.97. The third-order valence-corrected chi connectivity index (χ3v) is 4.16. The van der Waals surface area contributed by atoms with Gasteiger partial charge in [-0.25, -0.2) is 4.98 Å². The van der Waals surface area contributed by atoms with Gasteiger partial charge in [0.05, 0.1) is 0 Å². The summed E-state index contributed by atoms with van der Waals surface area (Å²) < 4.78 is 5.79. The molecule has 1 fully saturated rings. The SMILES string of the molecule is O=C(c1ccc2nc(-c3ccccn3)oc2c1)N1CCCCC1. The predicted octanol–water partition coefficient (Wildman–Crippen LogP) is 3.52. The Kier molecular flexibility index (Phi) is 3.54. The smallest absolute Gasteiger partial charge is 0.253 e. The highest BCUT2D eigenvalue weighted by Gasteiger charge is 2.19.